The van der Waals surface area contributed by atoms with Crippen molar-refractivity contribution in [1.82, 2.24) is 14.5 Å². The van der Waals surface area contributed by atoms with Crippen LogP contribution in [0.1, 0.15) is 23.7 Å². The van der Waals surface area contributed by atoms with Gasteiger partial charge in [0.15, 0.2) is 0 Å². The minimum Gasteiger partial charge on any atom is -0.392 e. The molecule has 0 saturated carbocycles. The summed E-state index contributed by atoms with van der Waals surface area (Å²) in [6.45, 7) is 1.92. The normalized spacial score (nSPS) is 11.8. The monoisotopic (exact) mass is 309 g/mol. The van der Waals surface area contributed by atoms with E-state index in [2.05, 4.69) is 9.82 Å². The van der Waals surface area contributed by atoms with E-state index in [0.717, 1.165) is 12.0 Å². The van der Waals surface area contributed by atoms with Gasteiger partial charge in [-0.15, -0.1) is 0 Å². The Morgan fingerprint density at radius 1 is 1.29 bits per heavy atom. The molecule has 2 N–H and O–H groups in total. The smallest absolute Gasteiger partial charge is 0.240 e. The molecule has 0 aliphatic carbocycles. The summed E-state index contributed by atoms with van der Waals surface area (Å²) in [5, 5.41) is 13.4. The molecule has 0 saturated heterocycles. The van der Waals surface area contributed by atoms with Crippen molar-refractivity contribution in [3.63, 3.8) is 0 Å². The third kappa shape index (κ3) is 3.69. The summed E-state index contributed by atoms with van der Waals surface area (Å²) in [4.78, 5) is 0.152. The topological polar surface area (TPSA) is 84.2 Å². The Hall–Kier alpha value is -1.70. The molecular weight excluding hydrogens is 290 g/mol. The van der Waals surface area contributed by atoms with Gasteiger partial charge >= 0.3 is 0 Å². The highest BCUT2D eigenvalue weighted by Gasteiger charge is 2.16. The number of hydrogen-bond donors (Lipinski definition) is 2. The number of benzene rings is 1. The number of aliphatic hydroxyl groups is 1. The Labute approximate surface area is 124 Å². The van der Waals surface area contributed by atoms with Gasteiger partial charge in [-0.1, -0.05) is 13.0 Å². The summed E-state index contributed by atoms with van der Waals surface area (Å²) >= 11 is 0. The highest BCUT2D eigenvalue weighted by Crippen LogP contribution is 2.17. The highest BCUT2D eigenvalue weighted by molar-refractivity contribution is 7.89. The second-order valence-electron chi connectivity index (χ2n) is 4.75. The van der Waals surface area contributed by atoms with Gasteiger partial charge in [-0.2, -0.15) is 5.10 Å². The molecular formula is C14H19N3O3S. The number of aromatic nitrogens is 2. The van der Waals surface area contributed by atoms with Gasteiger partial charge in [-0.3, -0.25) is 4.68 Å². The van der Waals surface area contributed by atoms with Crippen molar-refractivity contribution in [2.24, 2.45) is 7.05 Å². The fourth-order valence-electron chi connectivity index (χ4n) is 2.07. The predicted octanol–water partition coefficient (Wildman–Crippen LogP) is 0.953. The fourth-order valence-corrected chi connectivity index (χ4v) is 3.12. The van der Waals surface area contributed by atoms with E-state index in [0.29, 0.717) is 11.3 Å². The zero-order valence-corrected chi connectivity index (χ0v) is 12.9. The van der Waals surface area contributed by atoms with E-state index < -0.39 is 10.0 Å². The molecule has 0 bridgehead atoms. The molecule has 2 aromatic rings. The molecule has 2 rings (SSSR count). The SMILES string of the molecule is CCc1ccc(S(=O)(=O)NCc2ccn(C)n2)cc1CO. The van der Waals surface area contributed by atoms with Gasteiger partial charge < -0.3 is 5.11 Å². The number of nitrogens with zero attached hydrogens (tertiary/aromatic N) is 2. The Bertz CT molecular complexity index is 723. The van der Waals surface area contributed by atoms with Gasteiger partial charge in [0.1, 0.15) is 0 Å². The fraction of sp³-hybridized carbons (Fsp3) is 0.357. The second-order valence-corrected chi connectivity index (χ2v) is 6.51. The van der Waals surface area contributed by atoms with Gasteiger partial charge in [-0.25, -0.2) is 13.1 Å². The lowest BCUT2D eigenvalue weighted by Gasteiger charge is -2.10. The standard InChI is InChI=1S/C14H19N3O3S/c1-3-11-4-5-14(8-12(11)10-18)21(19,20)15-9-13-6-7-17(2)16-13/h4-8,15,18H,3,9-10H2,1-2H3. The van der Waals surface area contributed by atoms with Crippen molar-refractivity contribution in [2.45, 2.75) is 31.4 Å². The van der Waals surface area contributed by atoms with E-state index in [1.807, 2.05) is 6.92 Å². The van der Waals surface area contributed by atoms with Crippen LogP contribution in [0.2, 0.25) is 0 Å². The van der Waals surface area contributed by atoms with Gasteiger partial charge in [0.05, 0.1) is 23.7 Å². The van der Waals surface area contributed by atoms with Crippen LogP contribution in [-0.2, 0) is 36.6 Å². The lowest BCUT2D eigenvalue weighted by atomic mass is 10.1. The Balaban J connectivity index is 2.19. The third-order valence-electron chi connectivity index (χ3n) is 3.25. The summed E-state index contributed by atoms with van der Waals surface area (Å²) in [5.41, 5.74) is 2.23. The van der Waals surface area contributed by atoms with Crippen LogP contribution in [-0.4, -0.2) is 23.3 Å². The quantitative estimate of drug-likeness (QED) is 0.832. The molecule has 114 valence electrons. The first-order valence-electron chi connectivity index (χ1n) is 6.67. The van der Waals surface area contributed by atoms with E-state index >= 15 is 0 Å². The van der Waals surface area contributed by atoms with Crippen molar-refractivity contribution in [1.29, 1.82) is 0 Å². The summed E-state index contributed by atoms with van der Waals surface area (Å²) in [5.74, 6) is 0. The van der Waals surface area contributed by atoms with Gasteiger partial charge in [0, 0.05) is 13.2 Å². The van der Waals surface area contributed by atoms with Crippen molar-refractivity contribution in [3.8, 4) is 0 Å². The maximum Gasteiger partial charge on any atom is 0.240 e. The molecule has 0 radical (unpaired) electrons. The Morgan fingerprint density at radius 2 is 2.05 bits per heavy atom. The van der Waals surface area contributed by atoms with Crippen molar-refractivity contribution in [3.05, 3.63) is 47.3 Å². The molecule has 1 heterocycles. The van der Waals surface area contributed by atoms with Crippen LogP contribution in [0.25, 0.3) is 0 Å². The van der Waals surface area contributed by atoms with E-state index in [4.69, 9.17) is 0 Å². The zero-order chi connectivity index (χ0) is 15.5. The average Bonchev–Trinajstić information content (AvgIpc) is 2.90. The molecule has 1 aromatic carbocycles. The van der Waals surface area contributed by atoms with Gasteiger partial charge in [0.2, 0.25) is 10.0 Å². The number of hydrogen-bond acceptors (Lipinski definition) is 4. The van der Waals surface area contributed by atoms with Crippen molar-refractivity contribution in [2.75, 3.05) is 0 Å². The van der Waals surface area contributed by atoms with Crippen LogP contribution < -0.4 is 4.72 Å². The summed E-state index contributed by atoms with van der Waals surface area (Å²) in [7, 11) is -1.84. The van der Waals surface area contributed by atoms with Crippen LogP contribution in [0.5, 0.6) is 0 Å². The van der Waals surface area contributed by atoms with E-state index in [-0.39, 0.29) is 18.0 Å². The van der Waals surface area contributed by atoms with Crippen LogP contribution in [0.4, 0.5) is 0 Å². The molecule has 0 aliphatic rings. The maximum absolute atomic E-state index is 12.3. The highest BCUT2D eigenvalue weighted by atomic mass is 32.2. The average molecular weight is 309 g/mol. The predicted molar refractivity (Wildman–Crippen MR) is 79.0 cm³/mol. The first kappa shape index (κ1) is 15.7. The van der Waals surface area contributed by atoms with Crippen molar-refractivity contribution >= 4 is 10.0 Å². The molecule has 0 fully saturated rings. The van der Waals surface area contributed by atoms with Crippen LogP contribution >= 0.6 is 0 Å². The van der Waals surface area contributed by atoms with E-state index in [1.54, 1.807) is 36.1 Å². The molecule has 1 aromatic heterocycles. The number of nitrogens with one attached hydrogen (secondary N) is 1. The summed E-state index contributed by atoms with van der Waals surface area (Å²) < 4.78 is 28.6. The summed E-state index contributed by atoms with van der Waals surface area (Å²) in [6.07, 6.45) is 2.50. The molecule has 6 nitrogen and oxygen atoms in total. The first-order chi connectivity index (χ1) is 9.96. The Kier molecular flexibility index (Phi) is 4.76. The molecule has 0 atom stereocenters. The van der Waals surface area contributed by atoms with Crippen LogP contribution in [0.3, 0.4) is 0 Å². The number of sulfonamides is 1. The first-order valence-corrected chi connectivity index (χ1v) is 8.15. The molecule has 0 unspecified atom stereocenters. The molecule has 0 spiro atoms. The van der Waals surface area contributed by atoms with Crippen LogP contribution in [0, 0.1) is 0 Å². The minimum absolute atomic E-state index is 0.132. The number of aliphatic hydroxyl groups excluding tert-OH is 1. The molecule has 7 heteroatoms. The molecule has 21 heavy (non-hydrogen) atoms. The summed E-state index contributed by atoms with van der Waals surface area (Å²) in [6, 6.07) is 6.56. The minimum atomic E-state index is -3.62. The molecule has 0 amide bonds. The third-order valence-corrected chi connectivity index (χ3v) is 4.65. The van der Waals surface area contributed by atoms with E-state index in [1.165, 1.54) is 6.07 Å². The number of aryl methyl sites for hydroxylation is 2. The van der Waals surface area contributed by atoms with Crippen molar-refractivity contribution < 1.29 is 13.5 Å². The lowest BCUT2D eigenvalue weighted by molar-refractivity contribution is 0.280. The van der Waals surface area contributed by atoms with E-state index in [9.17, 15) is 13.5 Å². The molecule has 0 aliphatic heterocycles. The lowest BCUT2D eigenvalue weighted by Crippen LogP contribution is -2.23. The zero-order valence-electron chi connectivity index (χ0n) is 12.1. The Morgan fingerprint density at radius 3 is 2.62 bits per heavy atom. The maximum atomic E-state index is 12.3. The van der Waals surface area contributed by atoms with Crippen LogP contribution in [0.15, 0.2) is 35.4 Å². The second kappa shape index (κ2) is 6.38. The van der Waals surface area contributed by atoms with Gasteiger partial charge in [-0.05, 0) is 35.7 Å². The van der Waals surface area contributed by atoms with Gasteiger partial charge in [0.25, 0.3) is 0 Å². The number of rotatable bonds is 6. The largest absolute Gasteiger partial charge is 0.392 e.